The van der Waals surface area contributed by atoms with Crippen LogP contribution >= 0.6 is 0 Å². The molecule has 0 radical (unpaired) electrons. The molecule has 0 bridgehead atoms. The number of ether oxygens (including phenoxy) is 1. The molecule has 1 aliphatic heterocycles. The van der Waals surface area contributed by atoms with Gasteiger partial charge in [-0.15, -0.1) is 0 Å². The summed E-state index contributed by atoms with van der Waals surface area (Å²) in [6.45, 7) is 9.84. The van der Waals surface area contributed by atoms with Gasteiger partial charge in [-0.25, -0.2) is 8.42 Å². The molecule has 0 saturated carbocycles. The Bertz CT molecular complexity index is 634. The minimum absolute atomic E-state index is 0.140. The van der Waals surface area contributed by atoms with Gasteiger partial charge < -0.3 is 14.9 Å². The summed E-state index contributed by atoms with van der Waals surface area (Å²) >= 11 is 0. The van der Waals surface area contributed by atoms with E-state index < -0.39 is 15.6 Å². The summed E-state index contributed by atoms with van der Waals surface area (Å²) in [5.41, 5.74) is 5.75. The van der Waals surface area contributed by atoms with Crippen molar-refractivity contribution in [2.24, 2.45) is 5.73 Å². The maximum Gasteiger partial charge on any atom is 0.247 e. The zero-order chi connectivity index (χ0) is 16.0. The van der Waals surface area contributed by atoms with Gasteiger partial charge >= 0.3 is 0 Å². The molecule has 120 valence electrons. The monoisotopic (exact) mass is 316 g/mol. The highest BCUT2D eigenvalue weighted by Gasteiger charge is 2.40. The molecule has 1 fully saturated rings. The fourth-order valence-electron chi connectivity index (χ4n) is 2.99. The topological polar surface area (TPSA) is 85.8 Å². The van der Waals surface area contributed by atoms with Gasteiger partial charge in [0.15, 0.2) is 0 Å². The van der Waals surface area contributed by atoms with Crippen molar-refractivity contribution in [1.29, 1.82) is 0 Å². The van der Waals surface area contributed by atoms with Crippen molar-refractivity contribution >= 4 is 10.0 Å². The van der Waals surface area contributed by atoms with Gasteiger partial charge in [-0.05, 0) is 34.6 Å². The van der Waals surface area contributed by atoms with Crippen LogP contribution in [0.5, 0.6) is 0 Å². The molecule has 21 heavy (non-hydrogen) atoms. The Morgan fingerprint density at radius 3 is 2.48 bits per heavy atom. The number of hydrogen-bond acceptors (Lipinski definition) is 5. The van der Waals surface area contributed by atoms with Crippen LogP contribution in [-0.2, 0) is 21.3 Å². The van der Waals surface area contributed by atoms with Crippen LogP contribution in [0.2, 0.25) is 0 Å². The Kier molecular flexibility index (Phi) is 4.23. The average Bonchev–Trinajstić information content (AvgIpc) is 2.61. The molecule has 2 heterocycles. The van der Waals surface area contributed by atoms with Gasteiger partial charge in [-0.1, -0.05) is 0 Å². The first kappa shape index (κ1) is 16.5. The fraction of sp³-hybridized carbons (Fsp3) is 0.714. The second-order valence-electron chi connectivity index (χ2n) is 6.21. The van der Waals surface area contributed by atoms with Gasteiger partial charge in [0.05, 0.1) is 11.7 Å². The smallest absolute Gasteiger partial charge is 0.247 e. The molecule has 1 unspecified atom stereocenters. The van der Waals surface area contributed by atoms with Crippen molar-refractivity contribution < 1.29 is 17.6 Å². The van der Waals surface area contributed by atoms with E-state index >= 15 is 0 Å². The Morgan fingerprint density at radius 2 is 1.95 bits per heavy atom. The molecule has 0 spiro atoms. The molecule has 1 aromatic rings. The number of aryl methyl sites for hydroxylation is 2. The normalized spacial score (nSPS) is 23.4. The Labute approximate surface area is 126 Å². The number of rotatable bonds is 3. The van der Waals surface area contributed by atoms with Crippen LogP contribution in [0.3, 0.4) is 0 Å². The van der Waals surface area contributed by atoms with Crippen LogP contribution in [0.1, 0.15) is 37.9 Å². The van der Waals surface area contributed by atoms with E-state index in [1.54, 1.807) is 13.8 Å². The van der Waals surface area contributed by atoms with Crippen molar-refractivity contribution in [2.75, 3.05) is 13.1 Å². The van der Waals surface area contributed by atoms with Crippen LogP contribution in [0.15, 0.2) is 9.31 Å². The van der Waals surface area contributed by atoms with E-state index in [2.05, 4.69) is 0 Å². The summed E-state index contributed by atoms with van der Waals surface area (Å²) in [5, 5.41) is 0. The molecule has 0 amide bonds. The van der Waals surface area contributed by atoms with E-state index in [9.17, 15) is 8.42 Å². The molecule has 6 nitrogen and oxygen atoms in total. The van der Waals surface area contributed by atoms with Crippen LogP contribution in [0, 0.1) is 13.8 Å². The van der Waals surface area contributed by atoms with Crippen molar-refractivity contribution in [1.82, 2.24) is 4.31 Å². The lowest BCUT2D eigenvalue weighted by atomic mass is 10.1. The Hall–Kier alpha value is -0.890. The summed E-state index contributed by atoms with van der Waals surface area (Å²) in [6, 6.07) is 0. The van der Waals surface area contributed by atoms with E-state index in [0.717, 1.165) is 0 Å². The molecule has 7 heteroatoms. The van der Waals surface area contributed by atoms with Crippen LogP contribution in [0.4, 0.5) is 0 Å². The number of morpholine rings is 1. The number of nitrogens with two attached hydrogens (primary N) is 1. The Balaban J connectivity index is 2.48. The molecule has 2 N–H and O–H groups in total. The first-order valence-electron chi connectivity index (χ1n) is 7.05. The molecular weight excluding hydrogens is 292 g/mol. The Morgan fingerprint density at radius 1 is 1.33 bits per heavy atom. The summed E-state index contributed by atoms with van der Waals surface area (Å²) in [7, 11) is -3.64. The predicted octanol–water partition coefficient (Wildman–Crippen LogP) is 1.54. The molecule has 0 aliphatic carbocycles. The molecule has 2 rings (SSSR count). The number of nitrogens with zero attached hydrogens (tertiary/aromatic N) is 1. The lowest BCUT2D eigenvalue weighted by Crippen LogP contribution is -2.53. The van der Waals surface area contributed by atoms with Gasteiger partial charge in [-0.2, -0.15) is 4.31 Å². The van der Waals surface area contributed by atoms with E-state index in [-0.39, 0.29) is 17.5 Å². The second kappa shape index (κ2) is 5.39. The van der Waals surface area contributed by atoms with Crippen molar-refractivity contribution in [3.8, 4) is 0 Å². The zero-order valence-corrected chi connectivity index (χ0v) is 14.1. The van der Waals surface area contributed by atoms with Gasteiger partial charge in [0.25, 0.3) is 0 Å². The van der Waals surface area contributed by atoms with E-state index in [1.807, 2.05) is 20.8 Å². The molecule has 1 saturated heterocycles. The molecular formula is C14H24N2O4S. The predicted molar refractivity (Wildman–Crippen MR) is 79.5 cm³/mol. The largest absolute Gasteiger partial charge is 0.465 e. The first-order chi connectivity index (χ1) is 9.58. The van der Waals surface area contributed by atoms with Crippen LogP contribution in [0.25, 0.3) is 0 Å². The van der Waals surface area contributed by atoms with Gasteiger partial charge in [0.2, 0.25) is 10.0 Å². The highest BCUT2D eigenvalue weighted by molar-refractivity contribution is 7.89. The minimum atomic E-state index is -3.64. The second-order valence-corrected chi connectivity index (χ2v) is 8.09. The van der Waals surface area contributed by atoms with E-state index in [1.165, 1.54) is 4.31 Å². The third-order valence-corrected chi connectivity index (χ3v) is 5.67. The molecule has 1 aromatic heterocycles. The number of furan rings is 1. The minimum Gasteiger partial charge on any atom is -0.465 e. The fourth-order valence-corrected chi connectivity index (χ4v) is 5.08. The van der Waals surface area contributed by atoms with Crippen molar-refractivity contribution in [3.63, 3.8) is 0 Å². The number of sulfonamides is 1. The maximum absolute atomic E-state index is 13.0. The van der Waals surface area contributed by atoms with Crippen LogP contribution in [-0.4, -0.2) is 37.5 Å². The van der Waals surface area contributed by atoms with E-state index in [4.69, 9.17) is 14.9 Å². The van der Waals surface area contributed by atoms with Gasteiger partial charge in [0, 0.05) is 25.2 Å². The molecule has 1 aliphatic rings. The third kappa shape index (κ3) is 3.01. The zero-order valence-electron chi connectivity index (χ0n) is 13.3. The van der Waals surface area contributed by atoms with Crippen molar-refractivity contribution in [2.45, 2.75) is 57.8 Å². The summed E-state index contributed by atoms with van der Waals surface area (Å²) in [4.78, 5) is 0.215. The van der Waals surface area contributed by atoms with Gasteiger partial charge in [-0.3, -0.25) is 0 Å². The highest BCUT2D eigenvalue weighted by Crippen LogP contribution is 2.32. The van der Waals surface area contributed by atoms with Crippen LogP contribution < -0.4 is 5.73 Å². The summed E-state index contributed by atoms with van der Waals surface area (Å²) < 4.78 is 38.7. The summed E-state index contributed by atoms with van der Waals surface area (Å²) in [5.74, 6) is 0.957. The van der Waals surface area contributed by atoms with Gasteiger partial charge in [0.1, 0.15) is 16.4 Å². The quantitative estimate of drug-likeness (QED) is 0.914. The lowest BCUT2D eigenvalue weighted by Gasteiger charge is -2.40. The standard InChI is InChI=1S/C14H24N2O4S/c1-9-7-16(8-14(4,5)20-9)21(17,18)13-11(3)19-10(2)12(13)6-15/h9H,6-8,15H2,1-5H3. The SMILES string of the molecule is Cc1oc(C)c(S(=O)(=O)N2CC(C)OC(C)(C)C2)c1CN. The lowest BCUT2D eigenvalue weighted by molar-refractivity contribution is -0.109. The molecule has 0 aromatic carbocycles. The maximum atomic E-state index is 13.0. The van der Waals surface area contributed by atoms with Crippen molar-refractivity contribution in [3.05, 3.63) is 17.1 Å². The average molecular weight is 316 g/mol. The summed E-state index contributed by atoms with van der Waals surface area (Å²) in [6.07, 6.45) is -0.154. The first-order valence-corrected chi connectivity index (χ1v) is 8.49. The molecule has 1 atom stereocenters. The van der Waals surface area contributed by atoms with E-state index in [0.29, 0.717) is 30.2 Å². The highest BCUT2D eigenvalue weighted by atomic mass is 32.2. The third-order valence-electron chi connectivity index (χ3n) is 3.67. The number of hydrogen-bond donors (Lipinski definition) is 1.